The third kappa shape index (κ3) is 2.84. The smallest absolute Gasteiger partial charge is 0.435 e. The molecule has 0 unspecified atom stereocenters. The van der Waals surface area contributed by atoms with Crippen molar-refractivity contribution in [3.05, 3.63) is 40.2 Å². The number of carboxylic acid groups (broad SMARTS) is 1. The number of alkyl halides is 3. The summed E-state index contributed by atoms with van der Waals surface area (Å²) in [6.45, 7) is 0. The fraction of sp³-hybridized carbons (Fsp3) is 0.0909. The van der Waals surface area contributed by atoms with Crippen LogP contribution in [0.15, 0.2) is 12.1 Å². The standard InChI is InChI=1S/C11H3F6NO2S/c12-4-1-3(2-5(13)6(4)14)9-18-8(11(15,16)17)7(21-9)10(19)20/h1-2H,(H,19,20). The first-order valence-electron chi connectivity index (χ1n) is 5.07. The van der Waals surface area contributed by atoms with Gasteiger partial charge in [0.2, 0.25) is 0 Å². The molecule has 1 aromatic heterocycles. The largest absolute Gasteiger partial charge is 0.477 e. The second kappa shape index (κ2) is 5.02. The fourth-order valence-electron chi connectivity index (χ4n) is 1.46. The SMILES string of the molecule is O=C(O)c1sc(-c2cc(F)c(F)c(F)c2)nc1C(F)(F)F. The normalized spacial score (nSPS) is 11.7. The van der Waals surface area contributed by atoms with Crippen LogP contribution in [0.3, 0.4) is 0 Å². The number of benzene rings is 1. The van der Waals surface area contributed by atoms with Crippen molar-refractivity contribution in [3.8, 4) is 10.6 Å². The maximum Gasteiger partial charge on any atom is 0.435 e. The lowest BCUT2D eigenvalue weighted by molar-refractivity contribution is -0.141. The number of halogens is 6. The summed E-state index contributed by atoms with van der Waals surface area (Å²) in [6, 6.07) is 0.867. The second-order valence-corrected chi connectivity index (χ2v) is 4.75. The number of rotatable bonds is 2. The Morgan fingerprint density at radius 2 is 1.67 bits per heavy atom. The summed E-state index contributed by atoms with van der Waals surface area (Å²) >= 11 is 0.0844. The minimum Gasteiger partial charge on any atom is -0.477 e. The van der Waals surface area contributed by atoms with E-state index in [1.807, 2.05) is 0 Å². The van der Waals surface area contributed by atoms with Crippen LogP contribution >= 0.6 is 11.3 Å². The predicted molar refractivity (Wildman–Crippen MR) is 59.4 cm³/mol. The molecule has 0 aliphatic carbocycles. The number of carbonyl (C=O) groups is 1. The van der Waals surface area contributed by atoms with E-state index in [1.165, 1.54) is 0 Å². The molecule has 3 nitrogen and oxygen atoms in total. The molecule has 1 N–H and O–H groups in total. The van der Waals surface area contributed by atoms with Gasteiger partial charge >= 0.3 is 12.1 Å². The number of aromatic carboxylic acids is 1. The molecule has 0 radical (unpaired) electrons. The molecule has 10 heteroatoms. The van der Waals surface area contributed by atoms with E-state index in [0.717, 1.165) is 0 Å². The lowest BCUT2D eigenvalue weighted by Crippen LogP contribution is -2.11. The molecule has 21 heavy (non-hydrogen) atoms. The summed E-state index contributed by atoms with van der Waals surface area (Å²) in [7, 11) is 0. The highest BCUT2D eigenvalue weighted by Crippen LogP contribution is 2.38. The molecule has 0 atom stereocenters. The quantitative estimate of drug-likeness (QED) is 0.671. The van der Waals surface area contributed by atoms with Crippen LogP contribution in [-0.2, 0) is 6.18 Å². The predicted octanol–water partition coefficient (Wildman–Crippen LogP) is 3.94. The van der Waals surface area contributed by atoms with Gasteiger partial charge in [-0.05, 0) is 12.1 Å². The van der Waals surface area contributed by atoms with Crippen molar-refractivity contribution >= 4 is 17.3 Å². The average Bonchev–Trinajstić information content (AvgIpc) is 2.80. The fourth-order valence-corrected chi connectivity index (χ4v) is 2.37. The third-order valence-electron chi connectivity index (χ3n) is 2.32. The van der Waals surface area contributed by atoms with Gasteiger partial charge < -0.3 is 5.11 Å². The molecule has 0 spiro atoms. The molecule has 0 aliphatic heterocycles. The lowest BCUT2D eigenvalue weighted by atomic mass is 10.2. The Morgan fingerprint density at radius 1 is 1.14 bits per heavy atom. The van der Waals surface area contributed by atoms with Crippen molar-refractivity contribution in [2.75, 3.05) is 0 Å². The van der Waals surface area contributed by atoms with E-state index in [-0.39, 0.29) is 11.3 Å². The van der Waals surface area contributed by atoms with Crippen LogP contribution in [0.2, 0.25) is 0 Å². The highest BCUT2D eigenvalue weighted by molar-refractivity contribution is 7.17. The molecule has 0 bridgehead atoms. The van der Waals surface area contributed by atoms with Crippen LogP contribution in [0.5, 0.6) is 0 Å². The van der Waals surface area contributed by atoms with Crippen molar-refractivity contribution in [2.24, 2.45) is 0 Å². The molecule has 1 heterocycles. The Balaban J connectivity index is 2.64. The Kier molecular flexibility index (Phi) is 3.66. The molecule has 2 rings (SSSR count). The van der Waals surface area contributed by atoms with Crippen LogP contribution in [-0.4, -0.2) is 16.1 Å². The molecule has 112 valence electrons. The van der Waals surface area contributed by atoms with Gasteiger partial charge in [-0.25, -0.2) is 22.9 Å². The summed E-state index contributed by atoms with van der Waals surface area (Å²) in [5, 5.41) is 8.12. The Morgan fingerprint density at radius 3 is 2.05 bits per heavy atom. The molecule has 0 amide bonds. The number of carboxylic acids is 1. The topological polar surface area (TPSA) is 50.2 Å². The second-order valence-electron chi connectivity index (χ2n) is 3.75. The summed E-state index contributed by atoms with van der Waals surface area (Å²) in [5.41, 5.74) is -2.17. The third-order valence-corrected chi connectivity index (χ3v) is 3.41. The van der Waals surface area contributed by atoms with Crippen molar-refractivity contribution in [1.29, 1.82) is 0 Å². The minimum absolute atomic E-state index is 0.0844. The first kappa shape index (κ1) is 15.3. The highest BCUT2D eigenvalue weighted by atomic mass is 32.1. The van der Waals surface area contributed by atoms with E-state index in [2.05, 4.69) is 4.98 Å². The van der Waals surface area contributed by atoms with Crippen LogP contribution < -0.4 is 0 Å². The first-order valence-corrected chi connectivity index (χ1v) is 5.89. The van der Waals surface area contributed by atoms with Gasteiger partial charge in [-0.2, -0.15) is 13.2 Å². The zero-order chi connectivity index (χ0) is 15.9. The van der Waals surface area contributed by atoms with Crippen LogP contribution in [0.25, 0.3) is 10.6 Å². The van der Waals surface area contributed by atoms with E-state index < -0.39 is 50.7 Å². The van der Waals surface area contributed by atoms with Crippen molar-refractivity contribution < 1.29 is 36.2 Å². The first-order chi connectivity index (χ1) is 9.61. The Bertz CT molecular complexity index is 701. The van der Waals surface area contributed by atoms with Gasteiger partial charge in [0.15, 0.2) is 23.1 Å². The highest BCUT2D eigenvalue weighted by Gasteiger charge is 2.40. The van der Waals surface area contributed by atoms with E-state index in [9.17, 15) is 31.1 Å². The number of nitrogens with zero attached hydrogens (tertiary/aromatic N) is 1. The molecule has 1 aromatic carbocycles. The van der Waals surface area contributed by atoms with Crippen molar-refractivity contribution in [1.82, 2.24) is 4.98 Å². The summed E-state index contributed by atoms with van der Waals surface area (Å²) in [6.07, 6.45) is -5.04. The van der Waals surface area contributed by atoms with Crippen LogP contribution in [0, 0.1) is 17.5 Å². The number of thiazole rings is 1. The zero-order valence-electron chi connectivity index (χ0n) is 9.63. The van der Waals surface area contributed by atoms with Gasteiger partial charge in [0.05, 0.1) is 0 Å². The van der Waals surface area contributed by atoms with Crippen LogP contribution in [0.1, 0.15) is 15.4 Å². The summed E-state index contributed by atoms with van der Waals surface area (Å²) < 4.78 is 76.8. The van der Waals surface area contributed by atoms with Gasteiger partial charge in [-0.1, -0.05) is 0 Å². The van der Waals surface area contributed by atoms with E-state index in [4.69, 9.17) is 5.11 Å². The minimum atomic E-state index is -5.04. The number of aromatic nitrogens is 1. The number of hydrogen-bond acceptors (Lipinski definition) is 3. The Labute approximate surface area is 116 Å². The van der Waals surface area contributed by atoms with Crippen molar-refractivity contribution in [3.63, 3.8) is 0 Å². The van der Waals surface area contributed by atoms with Gasteiger partial charge in [-0.3, -0.25) is 0 Å². The maximum absolute atomic E-state index is 13.0. The maximum atomic E-state index is 13.0. The van der Waals surface area contributed by atoms with Gasteiger partial charge in [0, 0.05) is 5.56 Å². The molecule has 0 saturated heterocycles. The van der Waals surface area contributed by atoms with Gasteiger partial charge in [-0.15, -0.1) is 11.3 Å². The summed E-state index contributed by atoms with van der Waals surface area (Å²) in [5.74, 6) is -6.91. The molecular weight excluding hydrogens is 324 g/mol. The van der Waals surface area contributed by atoms with E-state index in [0.29, 0.717) is 12.1 Å². The van der Waals surface area contributed by atoms with Gasteiger partial charge in [0.1, 0.15) is 9.88 Å². The van der Waals surface area contributed by atoms with E-state index >= 15 is 0 Å². The summed E-state index contributed by atoms with van der Waals surface area (Å²) in [4.78, 5) is 12.7. The molecular formula is C11H3F6NO2S. The van der Waals surface area contributed by atoms with Crippen LogP contribution in [0.4, 0.5) is 26.3 Å². The molecule has 0 aliphatic rings. The lowest BCUT2D eigenvalue weighted by Gasteiger charge is -2.02. The molecule has 0 fully saturated rings. The molecule has 0 saturated carbocycles. The average molecular weight is 327 g/mol. The Hall–Kier alpha value is -2.10. The molecule has 2 aromatic rings. The van der Waals surface area contributed by atoms with Crippen molar-refractivity contribution in [2.45, 2.75) is 6.18 Å². The van der Waals surface area contributed by atoms with E-state index in [1.54, 1.807) is 0 Å². The monoisotopic (exact) mass is 327 g/mol. The van der Waals surface area contributed by atoms with Gasteiger partial charge in [0.25, 0.3) is 0 Å². The number of hydrogen-bond donors (Lipinski definition) is 1. The zero-order valence-corrected chi connectivity index (χ0v) is 10.4.